The average molecular weight is 408 g/mol. The molecule has 0 radical (unpaired) electrons. The zero-order valence-corrected chi connectivity index (χ0v) is 17.4. The van der Waals surface area contributed by atoms with Crippen molar-refractivity contribution in [2.24, 2.45) is 0 Å². The molecule has 1 fully saturated rings. The summed E-state index contributed by atoms with van der Waals surface area (Å²) in [6.45, 7) is 3.63. The fourth-order valence-corrected chi connectivity index (χ4v) is 4.32. The Hall–Kier alpha value is -2.70. The Morgan fingerprint density at radius 2 is 1.93 bits per heavy atom. The zero-order chi connectivity index (χ0) is 21.3. The van der Waals surface area contributed by atoms with Crippen LogP contribution in [0.25, 0.3) is 0 Å². The molecule has 158 valence electrons. The highest BCUT2D eigenvalue weighted by molar-refractivity contribution is 6.07. The predicted molar refractivity (Wildman–Crippen MR) is 113 cm³/mol. The van der Waals surface area contributed by atoms with Gasteiger partial charge in [0.25, 0.3) is 5.91 Å². The number of urea groups is 1. The van der Waals surface area contributed by atoms with Gasteiger partial charge in [0, 0.05) is 0 Å². The van der Waals surface area contributed by atoms with Crippen LogP contribution in [0.5, 0.6) is 0 Å². The number of β-amino-alcohol motifs (C(OH)–C–C–N with tert-alkyl or cyclic N) is 1. The lowest BCUT2D eigenvalue weighted by Gasteiger charge is -2.27. The van der Waals surface area contributed by atoms with Gasteiger partial charge in [-0.2, -0.15) is 0 Å². The Bertz CT molecular complexity index is 942. The molecule has 0 aromatic heterocycles. The number of hydrogen-bond donors (Lipinski definition) is 2. The van der Waals surface area contributed by atoms with Gasteiger partial charge in [-0.3, -0.25) is 9.69 Å². The van der Waals surface area contributed by atoms with Gasteiger partial charge < -0.3 is 15.2 Å². The van der Waals surface area contributed by atoms with Crippen LogP contribution in [0.2, 0.25) is 0 Å². The third-order valence-corrected chi connectivity index (χ3v) is 6.10. The van der Waals surface area contributed by atoms with Gasteiger partial charge in [0.2, 0.25) is 0 Å². The van der Waals surface area contributed by atoms with Crippen LogP contribution in [-0.2, 0) is 21.5 Å². The van der Waals surface area contributed by atoms with Crippen LogP contribution in [0.15, 0.2) is 48.5 Å². The number of nitrogens with one attached hydrogen (secondary N) is 1. The Morgan fingerprint density at radius 1 is 1.20 bits per heavy atom. The molecule has 3 atom stereocenters. The van der Waals surface area contributed by atoms with Gasteiger partial charge in [-0.15, -0.1) is 0 Å². The molecule has 2 aliphatic rings. The van der Waals surface area contributed by atoms with Crippen LogP contribution in [0.4, 0.5) is 4.79 Å². The number of aliphatic hydroxyl groups excluding tert-OH is 1. The number of rotatable bonds is 6. The molecule has 0 unspecified atom stereocenters. The second kappa shape index (κ2) is 8.20. The normalized spacial score (nSPS) is 24.5. The van der Waals surface area contributed by atoms with Gasteiger partial charge in [0.15, 0.2) is 0 Å². The first-order chi connectivity index (χ1) is 14.4. The summed E-state index contributed by atoms with van der Waals surface area (Å²) in [5, 5.41) is 13.3. The number of carbonyl (C=O) groups is 2. The van der Waals surface area contributed by atoms with Crippen LogP contribution in [-0.4, -0.2) is 41.2 Å². The molecule has 30 heavy (non-hydrogen) atoms. The number of benzene rings is 2. The van der Waals surface area contributed by atoms with Crippen molar-refractivity contribution in [3.63, 3.8) is 0 Å². The molecule has 6 heteroatoms. The minimum atomic E-state index is -1.13. The number of hydrogen-bond acceptors (Lipinski definition) is 4. The van der Waals surface area contributed by atoms with Crippen LogP contribution in [0.3, 0.4) is 0 Å². The van der Waals surface area contributed by atoms with Crippen LogP contribution in [0.1, 0.15) is 48.1 Å². The number of ether oxygens (including phenoxy) is 1. The molecule has 0 spiro atoms. The summed E-state index contributed by atoms with van der Waals surface area (Å²) in [5.41, 5.74) is 3.11. The quantitative estimate of drug-likeness (QED) is 0.720. The van der Waals surface area contributed by atoms with E-state index in [9.17, 15) is 14.7 Å². The fourth-order valence-electron chi connectivity index (χ4n) is 4.32. The predicted octanol–water partition coefficient (Wildman–Crippen LogP) is 3.22. The lowest BCUT2D eigenvalue weighted by Crippen LogP contribution is -2.42. The van der Waals surface area contributed by atoms with E-state index in [4.69, 9.17) is 4.74 Å². The maximum absolute atomic E-state index is 13.0. The summed E-state index contributed by atoms with van der Waals surface area (Å²) in [5.74, 6) is -0.363. The molecule has 1 aliphatic heterocycles. The van der Waals surface area contributed by atoms with E-state index in [0.29, 0.717) is 0 Å². The molecular formula is C24H28N2O4. The molecule has 2 aromatic rings. The SMILES string of the molecule is Cc1ccc([C@@]2(C)NC(=O)N(C[C@H](O)CO[C@@H]3CCCc4ccccc43)C2=O)cc1. The van der Waals surface area contributed by atoms with Crippen molar-refractivity contribution in [3.8, 4) is 0 Å². The molecule has 3 amide bonds. The van der Waals surface area contributed by atoms with E-state index in [1.807, 2.05) is 43.3 Å². The summed E-state index contributed by atoms with van der Waals surface area (Å²) < 4.78 is 5.98. The molecule has 6 nitrogen and oxygen atoms in total. The number of fused-ring (bicyclic) bond motifs is 1. The highest BCUT2D eigenvalue weighted by atomic mass is 16.5. The Kier molecular flexibility index (Phi) is 5.62. The molecule has 2 aromatic carbocycles. The second-order valence-corrected chi connectivity index (χ2v) is 8.40. The van der Waals surface area contributed by atoms with Crippen LogP contribution < -0.4 is 5.32 Å². The van der Waals surface area contributed by atoms with Crippen molar-refractivity contribution >= 4 is 11.9 Å². The number of imide groups is 1. The molecule has 2 N–H and O–H groups in total. The van der Waals surface area contributed by atoms with E-state index < -0.39 is 17.7 Å². The van der Waals surface area contributed by atoms with Gasteiger partial charge >= 0.3 is 6.03 Å². The summed E-state index contributed by atoms with van der Waals surface area (Å²) >= 11 is 0. The third kappa shape index (κ3) is 3.85. The van der Waals surface area contributed by atoms with Crippen molar-refractivity contribution in [3.05, 3.63) is 70.8 Å². The summed E-state index contributed by atoms with van der Waals surface area (Å²) in [4.78, 5) is 26.6. The van der Waals surface area contributed by atoms with Gasteiger partial charge in [-0.25, -0.2) is 4.79 Å². The minimum Gasteiger partial charge on any atom is -0.389 e. The zero-order valence-electron chi connectivity index (χ0n) is 17.4. The highest BCUT2D eigenvalue weighted by Crippen LogP contribution is 2.33. The Labute approximate surface area is 176 Å². The highest BCUT2D eigenvalue weighted by Gasteiger charge is 2.49. The molecule has 1 aliphatic carbocycles. The van der Waals surface area contributed by atoms with Gasteiger partial charge in [0.1, 0.15) is 5.54 Å². The maximum atomic E-state index is 13.0. The van der Waals surface area contributed by atoms with Gasteiger partial charge in [-0.05, 0) is 49.8 Å². The van der Waals surface area contributed by atoms with E-state index in [2.05, 4.69) is 17.4 Å². The number of aryl methyl sites for hydroxylation is 2. The van der Waals surface area contributed by atoms with Crippen LogP contribution >= 0.6 is 0 Å². The van der Waals surface area contributed by atoms with E-state index in [0.717, 1.165) is 40.9 Å². The number of nitrogens with zero attached hydrogens (tertiary/aromatic N) is 1. The minimum absolute atomic E-state index is 0.0643. The molecule has 1 heterocycles. The third-order valence-electron chi connectivity index (χ3n) is 6.10. The number of aliphatic hydroxyl groups is 1. The van der Waals surface area contributed by atoms with Crippen molar-refractivity contribution in [2.75, 3.05) is 13.2 Å². The lowest BCUT2D eigenvalue weighted by atomic mass is 9.89. The Balaban J connectivity index is 1.39. The van der Waals surface area contributed by atoms with Gasteiger partial charge in [-0.1, -0.05) is 54.1 Å². The molecule has 0 bridgehead atoms. The molecule has 0 saturated carbocycles. The van der Waals surface area contributed by atoms with E-state index in [-0.39, 0.29) is 25.2 Å². The molecule has 1 saturated heterocycles. The van der Waals surface area contributed by atoms with E-state index in [1.54, 1.807) is 6.92 Å². The fraction of sp³-hybridized carbons (Fsp3) is 0.417. The lowest BCUT2D eigenvalue weighted by molar-refractivity contribution is -0.132. The second-order valence-electron chi connectivity index (χ2n) is 8.40. The monoisotopic (exact) mass is 408 g/mol. The van der Waals surface area contributed by atoms with Crippen molar-refractivity contribution in [2.45, 2.75) is 50.9 Å². The topological polar surface area (TPSA) is 78.9 Å². The summed E-state index contributed by atoms with van der Waals surface area (Å²) in [7, 11) is 0. The smallest absolute Gasteiger partial charge is 0.325 e. The first-order valence-corrected chi connectivity index (χ1v) is 10.5. The van der Waals surface area contributed by atoms with E-state index in [1.165, 1.54) is 5.56 Å². The first-order valence-electron chi connectivity index (χ1n) is 10.5. The largest absolute Gasteiger partial charge is 0.389 e. The molecular weight excluding hydrogens is 380 g/mol. The van der Waals surface area contributed by atoms with Gasteiger partial charge in [0.05, 0.1) is 25.4 Å². The summed E-state index contributed by atoms with van der Waals surface area (Å²) in [6.07, 6.45) is 1.97. The molecule has 4 rings (SSSR count). The average Bonchev–Trinajstić information content (AvgIpc) is 2.96. The number of amides is 3. The first kappa shape index (κ1) is 20.6. The van der Waals surface area contributed by atoms with Crippen LogP contribution in [0, 0.1) is 6.92 Å². The van der Waals surface area contributed by atoms with Crippen molar-refractivity contribution in [1.82, 2.24) is 10.2 Å². The summed E-state index contributed by atoms with van der Waals surface area (Å²) in [6, 6.07) is 15.2. The van der Waals surface area contributed by atoms with Crippen molar-refractivity contribution in [1.29, 1.82) is 0 Å². The van der Waals surface area contributed by atoms with E-state index >= 15 is 0 Å². The Morgan fingerprint density at radius 3 is 2.70 bits per heavy atom. The number of carbonyl (C=O) groups excluding carboxylic acids is 2. The maximum Gasteiger partial charge on any atom is 0.325 e. The van der Waals surface area contributed by atoms with Crippen molar-refractivity contribution < 1.29 is 19.4 Å². The standard InChI is InChI=1S/C24H28N2O4/c1-16-10-12-18(13-11-16)24(2)22(28)26(23(29)25-24)14-19(27)15-30-21-9-5-7-17-6-3-4-8-20(17)21/h3-4,6,8,10-13,19,21,27H,5,7,9,14-15H2,1-2H3,(H,25,29)/t19-,21+,24+/m0/s1.